The second-order valence-electron chi connectivity index (χ2n) is 5.15. The molecule has 0 unspecified atom stereocenters. The molecule has 23 heavy (non-hydrogen) atoms. The summed E-state index contributed by atoms with van der Waals surface area (Å²) in [5.41, 5.74) is 0.815. The smallest absolute Gasteiger partial charge is 0.407 e. The first-order chi connectivity index (χ1) is 11.1. The topological polar surface area (TPSA) is 75.7 Å². The number of hydrogen-bond acceptors (Lipinski definition) is 4. The van der Waals surface area contributed by atoms with Gasteiger partial charge in [0.2, 0.25) is 0 Å². The molecule has 0 spiro atoms. The Labute approximate surface area is 133 Å². The Morgan fingerprint density at radius 1 is 1.09 bits per heavy atom. The molecule has 0 saturated carbocycles. The number of alkyl carbamates (subject to hydrolysis) is 1. The molecule has 118 valence electrons. The van der Waals surface area contributed by atoms with Gasteiger partial charge in [-0.2, -0.15) is 0 Å². The number of ether oxygens (including phenoxy) is 1. The summed E-state index contributed by atoms with van der Waals surface area (Å²) in [7, 11) is 0. The van der Waals surface area contributed by atoms with E-state index < -0.39 is 6.09 Å². The molecule has 0 saturated heterocycles. The van der Waals surface area contributed by atoms with Gasteiger partial charge >= 0.3 is 6.09 Å². The zero-order valence-corrected chi connectivity index (χ0v) is 12.7. The molecule has 0 radical (unpaired) electrons. The van der Waals surface area contributed by atoms with Crippen molar-refractivity contribution in [1.29, 1.82) is 0 Å². The predicted octanol–water partition coefficient (Wildman–Crippen LogP) is 2.18. The van der Waals surface area contributed by atoms with E-state index in [-0.39, 0.29) is 31.5 Å². The molecular weight excluding hydrogens is 296 g/mol. The van der Waals surface area contributed by atoms with Crippen molar-refractivity contribution in [2.24, 2.45) is 0 Å². The fourth-order valence-corrected chi connectivity index (χ4v) is 2.63. The standard InChI is InChI=1S/C17H16N2O4/c1-2-23-17(22)18-7-8-19-15(20)13-9-11-5-3-4-6-12(11)10-14(13)16(19)21/h3-6,9-10H,2,7-8H2,1H3,(H,18,22). The zero-order chi connectivity index (χ0) is 16.4. The first-order valence-corrected chi connectivity index (χ1v) is 7.41. The lowest BCUT2D eigenvalue weighted by atomic mass is 10.0. The van der Waals surface area contributed by atoms with Crippen molar-refractivity contribution in [3.63, 3.8) is 0 Å². The average molecular weight is 312 g/mol. The first kappa shape index (κ1) is 15.0. The first-order valence-electron chi connectivity index (χ1n) is 7.41. The summed E-state index contributed by atoms with van der Waals surface area (Å²) in [4.78, 5) is 37.2. The number of imide groups is 1. The Hall–Kier alpha value is -2.89. The summed E-state index contributed by atoms with van der Waals surface area (Å²) in [6, 6.07) is 11.1. The maximum absolute atomic E-state index is 12.4. The van der Waals surface area contributed by atoms with Gasteiger partial charge in [0.1, 0.15) is 0 Å². The van der Waals surface area contributed by atoms with E-state index in [2.05, 4.69) is 5.32 Å². The highest BCUT2D eigenvalue weighted by atomic mass is 16.5. The summed E-state index contributed by atoms with van der Waals surface area (Å²) in [6.07, 6.45) is -0.560. The van der Waals surface area contributed by atoms with Crippen LogP contribution in [0.1, 0.15) is 27.6 Å². The van der Waals surface area contributed by atoms with Crippen molar-refractivity contribution < 1.29 is 19.1 Å². The summed E-state index contributed by atoms with van der Waals surface area (Å²) in [5, 5.41) is 4.34. The minimum Gasteiger partial charge on any atom is -0.450 e. The van der Waals surface area contributed by atoms with E-state index in [1.807, 2.05) is 24.3 Å². The minimum absolute atomic E-state index is 0.113. The highest BCUT2D eigenvalue weighted by molar-refractivity contribution is 6.23. The van der Waals surface area contributed by atoms with E-state index >= 15 is 0 Å². The molecule has 1 aliphatic rings. The second-order valence-corrected chi connectivity index (χ2v) is 5.15. The number of nitrogens with one attached hydrogen (secondary N) is 1. The molecule has 2 aromatic carbocycles. The van der Waals surface area contributed by atoms with Crippen molar-refractivity contribution >= 4 is 28.7 Å². The summed E-state index contributed by atoms with van der Waals surface area (Å²) < 4.78 is 4.74. The Bertz CT molecular complexity index is 746. The van der Waals surface area contributed by atoms with Gasteiger partial charge in [0.25, 0.3) is 11.8 Å². The number of hydrogen-bond donors (Lipinski definition) is 1. The van der Waals surface area contributed by atoms with Crippen LogP contribution < -0.4 is 5.32 Å². The van der Waals surface area contributed by atoms with Crippen molar-refractivity contribution in [2.75, 3.05) is 19.7 Å². The van der Waals surface area contributed by atoms with E-state index in [1.165, 1.54) is 0 Å². The monoisotopic (exact) mass is 312 g/mol. The molecule has 0 fully saturated rings. The van der Waals surface area contributed by atoms with Crippen LogP contribution in [0.5, 0.6) is 0 Å². The van der Waals surface area contributed by atoms with Crippen molar-refractivity contribution in [1.82, 2.24) is 10.2 Å². The summed E-state index contributed by atoms with van der Waals surface area (Å²) in [6.45, 7) is 2.24. The lowest BCUT2D eigenvalue weighted by molar-refractivity contribution is 0.0652. The maximum Gasteiger partial charge on any atom is 0.407 e. The third-order valence-electron chi connectivity index (χ3n) is 3.72. The van der Waals surface area contributed by atoms with Gasteiger partial charge in [-0.25, -0.2) is 4.79 Å². The Balaban J connectivity index is 1.77. The highest BCUT2D eigenvalue weighted by Gasteiger charge is 2.35. The number of amides is 3. The Kier molecular flexibility index (Phi) is 3.97. The molecule has 6 nitrogen and oxygen atoms in total. The Morgan fingerprint density at radius 2 is 1.65 bits per heavy atom. The van der Waals surface area contributed by atoms with E-state index in [1.54, 1.807) is 19.1 Å². The third-order valence-corrected chi connectivity index (χ3v) is 3.72. The van der Waals surface area contributed by atoms with Crippen LogP contribution in [0.3, 0.4) is 0 Å². The van der Waals surface area contributed by atoms with Gasteiger partial charge in [-0.15, -0.1) is 0 Å². The van der Waals surface area contributed by atoms with Crippen LogP contribution in [0.15, 0.2) is 36.4 Å². The van der Waals surface area contributed by atoms with E-state index in [9.17, 15) is 14.4 Å². The van der Waals surface area contributed by atoms with Gasteiger partial charge in [0.05, 0.1) is 17.7 Å². The van der Waals surface area contributed by atoms with Gasteiger partial charge in [-0.3, -0.25) is 14.5 Å². The third kappa shape index (κ3) is 2.75. The molecule has 1 N–H and O–H groups in total. The second kappa shape index (κ2) is 6.08. The molecule has 1 heterocycles. The van der Waals surface area contributed by atoms with Crippen LogP contribution in [0.4, 0.5) is 4.79 Å². The fraction of sp³-hybridized carbons (Fsp3) is 0.235. The highest BCUT2D eigenvalue weighted by Crippen LogP contribution is 2.27. The number of fused-ring (bicyclic) bond motifs is 2. The number of carbonyl (C=O) groups excluding carboxylic acids is 3. The van der Waals surface area contributed by atoms with Crippen LogP contribution in [-0.2, 0) is 4.74 Å². The minimum atomic E-state index is -0.560. The van der Waals surface area contributed by atoms with Crippen LogP contribution >= 0.6 is 0 Å². The lowest BCUT2D eigenvalue weighted by Gasteiger charge is -2.13. The summed E-state index contributed by atoms with van der Waals surface area (Å²) >= 11 is 0. The van der Waals surface area contributed by atoms with Crippen LogP contribution in [0.2, 0.25) is 0 Å². The molecule has 3 amide bonds. The lowest BCUT2D eigenvalue weighted by Crippen LogP contribution is -2.38. The molecule has 3 rings (SSSR count). The predicted molar refractivity (Wildman–Crippen MR) is 84.3 cm³/mol. The molecular formula is C17H16N2O4. The number of nitrogens with zero attached hydrogens (tertiary/aromatic N) is 1. The van der Waals surface area contributed by atoms with E-state index in [4.69, 9.17) is 4.74 Å². The van der Waals surface area contributed by atoms with Crippen LogP contribution in [-0.4, -0.2) is 42.5 Å². The van der Waals surface area contributed by atoms with Gasteiger partial charge < -0.3 is 10.1 Å². The SMILES string of the molecule is CCOC(=O)NCCN1C(=O)c2cc3ccccc3cc2C1=O. The van der Waals surface area contributed by atoms with E-state index in [0.717, 1.165) is 15.7 Å². The number of rotatable bonds is 4. The van der Waals surface area contributed by atoms with Gasteiger partial charge in [0, 0.05) is 13.1 Å². The molecule has 0 atom stereocenters. The van der Waals surface area contributed by atoms with Gasteiger partial charge in [0.15, 0.2) is 0 Å². The maximum atomic E-state index is 12.4. The van der Waals surface area contributed by atoms with Crippen molar-refractivity contribution in [2.45, 2.75) is 6.92 Å². The van der Waals surface area contributed by atoms with Crippen molar-refractivity contribution in [3.05, 3.63) is 47.5 Å². The van der Waals surface area contributed by atoms with E-state index in [0.29, 0.717) is 11.1 Å². The normalized spacial score (nSPS) is 13.3. The molecule has 2 aromatic rings. The van der Waals surface area contributed by atoms with Gasteiger partial charge in [-0.1, -0.05) is 24.3 Å². The van der Waals surface area contributed by atoms with Crippen LogP contribution in [0, 0.1) is 0 Å². The molecule has 0 aromatic heterocycles. The summed E-state index contributed by atoms with van der Waals surface area (Å²) in [5.74, 6) is -0.664. The number of benzene rings is 2. The largest absolute Gasteiger partial charge is 0.450 e. The average Bonchev–Trinajstić information content (AvgIpc) is 2.78. The zero-order valence-electron chi connectivity index (χ0n) is 12.7. The molecule has 6 heteroatoms. The molecule has 1 aliphatic heterocycles. The van der Waals surface area contributed by atoms with Gasteiger partial charge in [-0.05, 0) is 29.8 Å². The van der Waals surface area contributed by atoms with Crippen molar-refractivity contribution in [3.8, 4) is 0 Å². The molecule has 0 aliphatic carbocycles. The fourth-order valence-electron chi connectivity index (χ4n) is 2.63. The molecule has 0 bridgehead atoms. The quantitative estimate of drug-likeness (QED) is 0.878. The number of carbonyl (C=O) groups is 3. The Morgan fingerprint density at radius 3 is 2.17 bits per heavy atom. The van der Waals surface area contributed by atoms with Crippen LogP contribution in [0.25, 0.3) is 10.8 Å².